The zero-order valence-electron chi connectivity index (χ0n) is 12.4. The number of nitrogens with zero attached hydrogens (tertiary/aromatic N) is 2. The fraction of sp³-hybridized carbons (Fsp3) is 0.375. The molecule has 1 saturated carbocycles. The number of aromatic nitrogens is 1. The summed E-state index contributed by atoms with van der Waals surface area (Å²) in [5.74, 6) is -1.32. The molecule has 0 bridgehead atoms. The minimum absolute atomic E-state index is 0.00678. The van der Waals surface area contributed by atoms with E-state index in [1.54, 1.807) is 11.6 Å². The van der Waals surface area contributed by atoms with Crippen LogP contribution in [0.2, 0.25) is 5.02 Å². The average Bonchev–Trinajstić information content (AvgIpc) is 3.28. The van der Waals surface area contributed by atoms with E-state index in [1.807, 2.05) is 24.3 Å². The SMILES string of the molecule is CC(C(=O)O)N(C(=O)c1c(Cl)c2ccccc2n1C)C1CC1. The van der Waals surface area contributed by atoms with Gasteiger partial charge >= 0.3 is 5.97 Å². The molecule has 6 heteroatoms. The molecule has 1 aromatic heterocycles. The molecular formula is C16H17ClN2O3. The van der Waals surface area contributed by atoms with E-state index in [0.29, 0.717) is 10.7 Å². The molecule has 0 saturated heterocycles. The molecule has 1 fully saturated rings. The summed E-state index contributed by atoms with van der Waals surface area (Å²) in [6.45, 7) is 1.54. The van der Waals surface area contributed by atoms with Crippen molar-refractivity contribution in [1.29, 1.82) is 0 Å². The second kappa shape index (κ2) is 5.32. The first-order valence-corrected chi connectivity index (χ1v) is 7.59. The maximum absolute atomic E-state index is 12.9. The van der Waals surface area contributed by atoms with Crippen LogP contribution in [0.15, 0.2) is 24.3 Å². The zero-order valence-corrected chi connectivity index (χ0v) is 13.2. The lowest BCUT2D eigenvalue weighted by molar-refractivity contribution is -0.141. The monoisotopic (exact) mass is 320 g/mol. The van der Waals surface area contributed by atoms with Crippen LogP contribution in [-0.4, -0.2) is 38.5 Å². The molecule has 3 rings (SSSR count). The van der Waals surface area contributed by atoms with Gasteiger partial charge in [-0.3, -0.25) is 4.79 Å². The number of rotatable bonds is 4. The Hall–Kier alpha value is -2.01. The molecule has 1 heterocycles. The molecule has 1 aliphatic rings. The smallest absolute Gasteiger partial charge is 0.326 e. The third-order valence-corrected chi connectivity index (χ3v) is 4.58. The Morgan fingerprint density at radius 1 is 1.36 bits per heavy atom. The van der Waals surface area contributed by atoms with Gasteiger partial charge in [-0.05, 0) is 25.8 Å². The normalized spacial score (nSPS) is 15.8. The van der Waals surface area contributed by atoms with E-state index in [1.165, 1.54) is 11.8 Å². The van der Waals surface area contributed by atoms with Crippen LogP contribution in [0.4, 0.5) is 0 Å². The van der Waals surface area contributed by atoms with Gasteiger partial charge in [-0.2, -0.15) is 0 Å². The van der Waals surface area contributed by atoms with Crippen molar-refractivity contribution >= 4 is 34.4 Å². The first-order chi connectivity index (χ1) is 10.4. The summed E-state index contributed by atoms with van der Waals surface area (Å²) in [5, 5.41) is 10.5. The van der Waals surface area contributed by atoms with Gasteiger partial charge in [0.1, 0.15) is 11.7 Å². The van der Waals surface area contributed by atoms with E-state index in [0.717, 1.165) is 23.7 Å². The van der Waals surface area contributed by atoms with Crippen molar-refractivity contribution in [3.05, 3.63) is 35.0 Å². The molecule has 0 spiro atoms. The Morgan fingerprint density at radius 3 is 2.55 bits per heavy atom. The van der Waals surface area contributed by atoms with Gasteiger partial charge in [0.25, 0.3) is 5.91 Å². The van der Waals surface area contributed by atoms with Gasteiger partial charge in [-0.15, -0.1) is 0 Å². The summed E-state index contributed by atoms with van der Waals surface area (Å²) in [4.78, 5) is 25.7. The highest BCUT2D eigenvalue weighted by Gasteiger charge is 2.40. The topological polar surface area (TPSA) is 62.5 Å². The second-order valence-corrected chi connectivity index (χ2v) is 6.07. The van der Waals surface area contributed by atoms with Gasteiger partial charge in [-0.25, -0.2) is 4.79 Å². The second-order valence-electron chi connectivity index (χ2n) is 5.70. The number of halogens is 1. The molecule has 1 N–H and O–H groups in total. The minimum Gasteiger partial charge on any atom is -0.480 e. The van der Waals surface area contributed by atoms with Crippen LogP contribution in [-0.2, 0) is 11.8 Å². The van der Waals surface area contributed by atoms with Crippen molar-refractivity contribution in [2.75, 3.05) is 0 Å². The minimum atomic E-state index is -1.00. The number of hydrogen-bond acceptors (Lipinski definition) is 2. The summed E-state index contributed by atoms with van der Waals surface area (Å²) in [6.07, 6.45) is 1.68. The summed E-state index contributed by atoms with van der Waals surface area (Å²) in [6, 6.07) is 6.62. The molecule has 1 aromatic carbocycles. The van der Waals surface area contributed by atoms with Crippen molar-refractivity contribution in [3.8, 4) is 0 Å². The standard InChI is InChI=1S/C16H17ClN2O3/c1-9(16(21)22)19(10-7-8-10)15(20)14-13(17)11-5-3-4-6-12(11)18(14)2/h3-6,9-10H,7-8H2,1-2H3,(H,21,22). The Kier molecular flexibility index (Phi) is 3.60. The number of carbonyl (C=O) groups is 2. The van der Waals surface area contributed by atoms with Crippen LogP contribution in [0, 0.1) is 0 Å². The maximum Gasteiger partial charge on any atom is 0.326 e. The quantitative estimate of drug-likeness (QED) is 0.942. The van der Waals surface area contributed by atoms with E-state index in [9.17, 15) is 14.7 Å². The molecule has 22 heavy (non-hydrogen) atoms. The van der Waals surface area contributed by atoms with Crippen LogP contribution < -0.4 is 0 Å². The number of amides is 1. The van der Waals surface area contributed by atoms with Gasteiger partial charge in [0.05, 0.1) is 5.02 Å². The average molecular weight is 321 g/mol. The molecule has 1 unspecified atom stereocenters. The van der Waals surface area contributed by atoms with E-state index in [-0.39, 0.29) is 11.9 Å². The predicted molar refractivity (Wildman–Crippen MR) is 84.2 cm³/mol. The molecule has 5 nitrogen and oxygen atoms in total. The van der Waals surface area contributed by atoms with E-state index in [4.69, 9.17) is 11.6 Å². The zero-order chi connectivity index (χ0) is 16.0. The maximum atomic E-state index is 12.9. The summed E-state index contributed by atoms with van der Waals surface area (Å²) >= 11 is 6.39. The molecule has 0 aliphatic heterocycles. The van der Waals surface area contributed by atoms with Crippen molar-refractivity contribution in [2.45, 2.75) is 31.8 Å². The highest BCUT2D eigenvalue weighted by molar-refractivity contribution is 6.38. The number of benzene rings is 1. The first kappa shape index (κ1) is 14.9. The number of para-hydroxylation sites is 1. The van der Waals surface area contributed by atoms with Gasteiger partial charge in [0.2, 0.25) is 0 Å². The van der Waals surface area contributed by atoms with Crippen LogP contribution in [0.5, 0.6) is 0 Å². The lowest BCUT2D eigenvalue weighted by Gasteiger charge is -2.26. The van der Waals surface area contributed by atoms with Gasteiger partial charge in [0, 0.05) is 24.0 Å². The Bertz CT molecular complexity index is 725. The third-order valence-electron chi connectivity index (χ3n) is 4.20. The molecule has 0 radical (unpaired) electrons. The van der Waals surface area contributed by atoms with Crippen LogP contribution in [0.1, 0.15) is 30.3 Å². The molecule has 2 aromatic rings. The third kappa shape index (κ3) is 2.25. The molecule has 1 atom stereocenters. The molecule has 116 valence electrons. The highest BCUT2D eigenvalue weighted by Crippen LogP contribution is 2.35. The number of carboxylic acids is 1. The Balaban J connectivity index is 2.09. The molecule has 1 aliphatic carbocycles. The summed E-state index contributed by atoms with van der Waals surface area (Å²) in [7, 11) is 1.78. The van der Waals surface area contributed by atoms with Crippen molar-refractivity contribution in [2.24, 2.45) is 7.05 Å². The lowest BCUT2D eigenvalue weighted by atomic mass is 10.2. The highest BCUT2D eigenvalue weighted by atomic mass is 35.5. The van der Waals surface area contributed by atoms with Crippen molar-refractivity contribution in [1.82, 2.24) is 9.47 Å². The van der Waals surface area contributed by atoms with Gasteiger partial charge in [-0.1, -0.05) is 29.8 Å². The number of fused-ring (bicyclic) bond motifs is 1. The van der Waals surface area contributed by atoms with E-state index >= 15 is 0 Å². The largest absolute Gasteiger partial charge is 0.480 e. The fourth-order valence-electron chi connectivity index (χ4n) is 2.84. The van der Waals surface area contributed by atoms with Gasteiger partial charge < -0.3 is 14.6 Å². The first-order valence-electron chi connectivity index (χ1n) is 7.22. The number of carbonyl (C=O) groups excluding carboxylic acids is 1. The molecular weight excluding hydrogens is 304 g/mol. The van der Waals surface area contributed by atoms with E-state index in [2.05, 4.69) is 0 Å². The predicted octanol–water partition coefficient (Wildman–Crippen LogP) is 2.91. The summed E-state index contributed by atoms with van der Waals surface area (Å²) in [5.41, 5.74) is 1.21. The fourth-order valence-corrected chi connectivity index (χ4v) is 3.20. The Morgan fingerprint density at radius 2 is 2.00 bits per heavy atom. The van der Waals surface area contributed by atoms with Crippen LogP contribution in [0.25, 0.3) is 10.9 Å². The van der Waals surface area contributed by atoms with Gasteiger partial charge in [0.15, 0.2) is 0 Å². The number of aryl methyl sites for hydroxylation is 1. The van der Waals surface area contributed by atoms with Crippen LogP contribution >= 0.6 is 11.6 Å². The van der Waals surface area contributed by atoms with E-state index < -0.39 is 12.0 Å². The summed E-state index contributed by atoms with van der Waals surface area (Å²) < 4.78 is 1.74. The lowest BCUT2D eigenvalue weighted by Crippen LogP contribution is -2.45. The van der Waals surface area contributed by atoms with Crippen molar-refractivity contribution in [3.63, 3.8) is 0 Å². The Labute approximate surface area is 133 Å². The van der Waals surface area contributed by atoms with Crippen LogP contribution in [0.3, 0.4) is 0 Å². The number of carboxylic acid groups (broad SMARTS) is 1. The number of hydrogen-bond donors (Lipinski definition) is 1. The molecule has 1 amide bonds. The number of aliphatic carboxylic acids is 1. The van der Waals surface area contributed by atoms with Crippen molar-refractivity contribution < 1.29 is 14.7 Å².